The molecule has 0 spiro atoms. The topological polar surface area (TPSA) is 23.5 Å². The zero-order chi connectivity index (χ0) is 20.8. The summed E-state index contributed by atoms with van der Waals surface area (Å²) in [5.74, 6) is 2.80. The molecule has 0 heterocycles. The Bertz CT molecular complexity index is 447. The van der Waals surface area contributed by atoms with Crippen LogP contribution >= 0.6 is 0 Å². The SMILES string of the molecule is CC(CCC1CCC(O)CC1)C1CCC(N(C2CCCCC2)C2CCCCC2)CC1. The van der Waals surface area contributed by atoms with E-state index in [-0.39, 0.29) is 6.10 Å². The molecule has 0 saturated heterocycles. The summed E-state index contributed by atoms with van der Waals surface area (Å²) >= 11 is 0. The molecule has 0 bridgehead atoms. The Kier molecular flexibility index (Phi) is 9.00. The zero-order valence-corrected chi connectivity index (χ0v) is 20.1. The number of aliphatic hydroxyl groups excluding tert-OH is 1. The fraction of sp³-hybridized carbons (Fsp3) is 1.00. The molecule has 30 heavy (non-hydrogen) atoms. The number of nitrogens with zero attached hydrogens (tertiary/aromatic N) is 1. The van der Waals surface area contributed by atoms with Crippen LogP contribution in [0.15, 0.2) is 0 Å². The number of hydrogen-bond donors (Lipinski definition) is 1. The molecule has 1 N–H and O–H groups in total. The Morgan fingerprint density at radius 1 is 0.633 bits per heavy atom. The van der Waals surface area contributed by atoms with Gasteiger partial charge in [-0.25, -0.2) is 0 Å². The van der Waals surface area contributed by atoms with Gasteiger partial charge >= 0.3 is 0 Å². The van der Waals surface area contributed by atoms with E-state index in [1.807, 2.05) is 0 Å². The van der Waals surface area contributed by atoms with Crippen LogP contribution in [-0.2, 0) is 0 Å². The molecule has 0 radical (unpaired) electrons. The van der Waals surface area contributed by atoms with Gasteiger partial charge in [0.25, 0.3) is 0 Å². The first-order chi connectivity index (χ1) is 14.7. The van der Waals surface area contributed by atoms with Gasteiger partial charge in [-0.15, -0.1) is 0 Å². The van der Waals surface area contributed by atoms with E-state index in [0.29, 0.717) is 0 Å². The molecule has 0 aromatic rings. The number of hydrogen-bond acceptors (Lipinski definition) is 2. The van der Waals surface area contributed by atoms with Gasteiger partial charge in [0.15, 0.2) is 0 Å². The van der Waals surface area contributed by atoms with Crippen molar-refractivity contribution in [2.45, 2.75) is 160 Å². The summed E-state index contributed by atoms with van der Waals surface area (Å²) in [7, 11) is 0. The van der Waals surface area contributed by atoms with E-state index in [9.17, 15) is 5.11 Å². The van der Waals surface area contributed by atoms with Gasteiger partial charge in [0.2, 0.25) is 0 Å². The van der Waals surface area contributed by atoms with Crippen LogP contribution in [0.5, 0.6) is 0 Å². The van der Waals surface area contributed by atoms with E-state index >= 15 is 0 Å². The molecule has 0 amide bonds. The van der Waals surface area contributed by atoms with Gasteiger partial charge < -0.3 is 5.11 Å². The van der Waals surface area contributed by atoms with Crippen LogP contribution < -0.4 is 0 Å². The summed E-state index contributed by atoms with van der Waals surface area (Å²) in [5.41, 5.74) is 0. The van der Waals surface area contributed by atoms with Gasteiger partial charge in [0.1, 0.15) is 0 Å². The third-order valence-electron chi connectivity index (χ3n) is 9.81. The summed E-state index contributed by atoms with van der Waals surface area (Å²) < 4.78 is 0. The highest BCUT2D eigenvalue weighted by Crippen LogP contribution is 2.40. The summed E-state index contributed by atoms with van der Waals surface area (Å²) in [6.45, 7) is 2.56. The molecule has 4 rings (SSSR count). The maximum absolute atomic E-state index is 9.76. The third kappa shape index (κ3) is 6.25. The second kappa shape index (κ2) is 11.7. The fourth-order valence-electron chi connectivity index (χ4n) is 7.79. The molecule has 4 fully saturated rings. The van der Waals surface area contributed by atoms with Crippen molar-refractivity contribution in [3.63, 3.8) is 0 Å². The van der Waals surface area contributed by atoms with Crippen molar-refractivity contribution in [1.82, 2.24) is 4.90 Å². The van der Waals surface area contributed by atoms with Gasteiger partial charge in [0, 0.05) is 18.1 Å². The molecule has 2 heteroatoms. The molecule has 0 aliphatic heterocycles. The molecule has 4 aliphatic carbocycles. The van der Waals surface area contributed by atoms with Gasteiger partial charge in [-0.3, -0.25) is 4.90 Å². The Morgan fingerprint density at radius 2 is 1.13 bits per heavy atom. The van der Waals surface area contributed by atoms with Crippen molar-refractivity contribution in [2.24, 2.45) is 17.8 Å². The first kappa shape index (κ1) is 23.1. The van der Waals surface area contributed by atoms with E-state index < -0.39 is 0 Å². The van der Waals surface area contributed by atoms with Crippen molar-refractivity contribution in [3.8, 4) is 0 Å². The minimum atomic E-state index is 0.00484. The van der Waals surface area contributed by atoms with Gasteiger partial charge in [-0.1, -0.05) is 58.3 Å². The van der Waals surface area contributed by atoms with Crippen molar-refractivity contribution < 1.29 is 5.11 Å². The van der Waals surface area contributed by atoms with Crippen LogP contribution in [0.3, 0.4) is 0 Å². The van der Waals surface area contributed by atoms with Crippen molar-refractivity contribution in [3.05, 3.63) is 0 Å². The molecule has 0 aromatic heterocycles. The van der Waals surface area contributed by atoms with Crippen LogP contribution in [0.4, 0.5) is 0 Å². The summed E-state index contributed by atoms with van der Waals surface area (Å²) in [6.07, 6.45) is 28.3. The predicted octanol–water partition coefficient (Wildman–Crippen LogP) is 7.48. The predicted molar refractivity (Wildman–Crippen MR) is 128 cm³/mol. The Balaban J connectivity index is 1.25. The van der Waals surface area contributed by atoms with Crippen molar-refractivity contribution >= 4 is 0 Å². The van der Waals surface area contributed by atoms with Crippen LogP contribution in [0, 0.1) is 17.8 Å². The van der Waals surface area contributed by atoms with Crippen LogP contribution in [-0.4, -0.2) is 34.2 Å². The number of aliphatic hydroxyl groups is 1. The molecule has 174 valence electrons. The first-order valence-corrected chi connectivity index (χ1v) is 14.2. The fourth-order valence-corrected chi connectivity index (χ4v) is 7.79. The minimum absolute atomic E-state index is 0.00484. The lowest BCUT2D eigenvalue weighted by Crippen LogP contribution is -2.52. The lowest BCUT2D eigenvalue weighted by molar-refractivity contribution is 0.0108. The molecule has 0 aromatic carbocycles. The Hall–Kier alpha value is -0.0800. The average Bonchev–Trinajstić information content (AvgIpc) is 2.81. The normalized spacial score (nSPS) is 36.1. The van der Waals surface area contributed by atoms with E-state index in [2.05, 4.69) is 11.8 Å². The highest BCUT2D eigenvalue weighted by molar-refractivity contribution is 4.91. The Labute approximate surface area is 187 Å². The van der Waals surface area contributed by atoms with Crippen LogP contribution in [0.1, 0.15) is 135 Å². The van der Waals surface area contributed by atoms with Crippen LogP contribution in [0.2, 0.25) is 0 Å². The molecule has 4 saturated carbocycles. The maximum atomic E-state index is 9.76. The molecule has 2 nitrogen and oxygen atoms in total. The third-order valence-corrected chi connectivity index (χ3v) is 9.81. The lowest BCUT2D eigenvalue weighted by atomic mass is 9.74. The lowest BCUT2D eigenvalue weighted by Gasteiger charge is -2.48. The molecular formula is C28H51NO. The molecule has 1 unspecified atom stereocenters. The summed E-state index contributed by atoms with van der Waals surface area (Å²) in [4.78, 5) is 3.13. The zero-order valence-electron chi connectivity index (χ0n) is 20.1. The van der Waals surface area contributed by atoms with Gasteiger partial charge in [-0.05, 0) is 94.8 Å². The van der Waals surface area contributed by atoms with Crippen molar-refractivity contribution in [2.75, 3.05) is 0 Å². The van der Waals surface area contributed by atoms with Crippen molar-refractivity contribution in [1.29, 1.82) is 0 Å². The first-order valence-electron chi connectivity index (χ1n) is 14.2. The largest absolute Gasteiger partial charge is 0.393 e. The average molecular weight is 418 g/mol. The Morgan fingerprint density at radius 3 is 1.67 bits per heavy atom. The summed E-state index contributed by atoms with van der Waals surface area (Å²) in [5, 5.41) is 9.76. The number of rotatable bonds is 7. The maximum Gasteiger partial charge on any atom is 0.0540 e. The van der Waals surface area contributed by atoms with Crippen LogP contribution in [0.25, 0.3) is 0 Å². The quantitative estimate of drug-likeness (QED) is 0.464. The monoisotopic (exact) mass is 417 g/mol. The van der Waals surface area contributed by atoms with Gasteiger partial charge in [0.05, 0.1) is 6.10 Å². The van der Waals surface area contributed by atoms with E-state index in [0.717, 1.165) is 48.7 Å². The second-order valence-electron chi connectivity index (χ2n) is 11.8. The molecule has 1 atom stereocenters. The highest BCUT2D eigenvalue weighted by atomic mass is 16.3. The molecular weight excluding hydrogens is 366 g/mol. The highest BCUT2D eigenvalue weighted by Gasteiger charge is 2.36. The summed E-state index contributed by atoms with van der Waals surface area (Å²) in [6, 6.07) is 2.74. The van der Waals surface area contributed by atoms with E-state index in [1.165, 1.54) is 116 Å². The standard InChI is InChI=1S/C28H51NO/c1-22(12-13-23-14-20-28(30)21-15-23)24-16-18-27(19-17-24)29(25-8-4-2-5-9-25)26-10-6-3-7-11-26/h22-28,30H,2-21H2,1H3. The van der Waals surface area contributed by atoms with E-state index in [1.54, 1.807) is 0 Å². The minimum Gasteiger partial charge on any atom is -0.393 e. The van der Waals surface area contributed by atoms with Gasteiger partial charge in [-0.2, -0.15) is 0 Å². The second-order valence-corrected chi connectivity index (χ2v) is 11.8. The van der Waals surface area contributed by atoms with E-state index in [4.69, 9.17) is 0 Å². The smallest absolute Gasteiger partial charge is 0.0540 e. The molecule has 4 aliphatic rings.